The van der Waals surface area contributed by atoms with Gasteiger partial charge in [0.15, 0.2) is 0 Å². The van der Waals surface area contributed by atoms with Gasteiger partial charge < -0.3 is 10.2 Å². The topological polar surface area (TPSA) is 81.8 Å². The second-order valence-corrected chi connectivity index (χ2v) is 9.13. The number of amides is 3. The van der Waals surface area contributed by atoms with Crippen LogP contribution in [0, 0.1) is 0 Å². The Morgan fingerprint density at radius 2 is 1.77 bits per heavy atom. The van der Waals surface area contributed by atoms with E-state index in [4.69, 9.17) is 0 Å². The Kier molecular flexibility index (Phi) is 5.33. The van der Waals surface area contributed by atoms with E-state index in [1.807, 2.05) is 6.07 Å². The van der Waals surface area contributed by atoms with Crippen LogP contribution in [-0.4, -0.2) is 58.7 Å². The molecule has 5 rings (SSSR count). The van der Waals surface area contributed by atoms with Crippen LogP contribution < -0.4 is 10.6 Å². The number of fused-ring (bicyclic) bond motifs is 1. The van der Waals surface area contributed by atoms with Crippen molar-refractivity contribution in [1.82, 2.24) is 20.4 Å². The Balaban J connectivity index is 1.32. The largest absolute Gasteiger partial charge is 0.322 e. The summed E-state index contributed by atoms with van der Waals surface area (Å²) in [5.74, 6) is -0.690. The molecule has 0 radical (unpaired) electrons. The van der Waals surface area contributed by atoms with Gasteiger partial charge >= 0.3 is 0 Å². The van der Waals surface area contributed by atoms with Crippen LogP contribution in [0.2, 0.25) is 0 Å². The predicted molar refractivity (Wildman–Crippen MR) is 112 cm³/mol. The Morgan fingerprint density at radius 3 is 2.47 bits per heavy atom. The third kappa shape index (κ3) is 3.65. The molecule has 4 aliphatic rings. The third-order valence-corrected chi connectivity index (χ3v) is 7.28. The van der Waals surface area contributed by atoms with E-state index in [1.165, 1.54) is 37.7 Å². The molecule has 3 fully saturated rings. The van der Waals surface area contributed by atoms with E-state index < -0.39 is 6.04 Å². The van der Waals surface area contributed by atoms with Crippen LogP contribution in [0.15, 0.2) is 18.2 Å². The summed E-state index contributed by atoms with van der Waals surface area (Å²) in [6.45, 7) is 3.49. The normalized spacial score (nSPS) is 25.4. The van der Waals surface area contributed by atoms with E-state index in [9.17, 15) is 14.4 Å². The fraction of sp³-hybridized carbons (Fsp3) is 0.609. The maximum Gasteiger partial charge on any atom is 0.255 e. The first-order chi connectivity index (χ1) is 14.6. The summed E-state index contributed by atoms with van der Waals surface area (Å²) in [5.41, 5.74) is 2.87. The highest BCUT2D eigenvalue weighted by molar-refractivity contribution is 6.05. The molecule has 0 aromatic heterocycles. The molecule has 1 aliphatic carbocycles. The Morgan fingerprint density at radius 1 is 1.00 bits per heavy atom. The monoisotopic (exact) mass is 410 g/mol. The van der Waals surface area contributed by atoms with Crippen LogP contribution in [0.3, 0.4) is 0 Å². The number of carbonyl (C=O) groups excluding carboxylic acids is 3. The first-order valence-corrected chi connectivity index (χ1v) is 11.3. The number of hydrogen-bond acceptors (Lipinski definition) is 5. The van der Waals surface area contributed by atoms with Gasteiger partial charge in [0.25, 0.3) is 5.91 Å². The number of piperidine rings is 2. The molecule has 160 valence electrons. The minimum absolute atomic E-state index is 0.0848. The number of nitrogens with zero attached hydrogens (tertiary/aromatic N) is 2. The standard InChI is InChI=1S/C23H30N4O3/c28-21-7-6-20(22(29)25-21)27-14-16-5-4-15(12-19(16)23(27)30)13-26(17-2-1-3-17)18-8-10-24-11-9-18/h4-5,12,17-18,20,24H,1-3,6-11,13-14H2,(H,25,28,29). The van der Waals surface area contributed by atoms with Gasteiger partial charge in [0.1, 0.15) is 6.04 Å². The van der Waals surface area contributed by atoms with Gasteiger partial charge in [-0.3, -0.25) is 24.6 Å². The van der Waals surface area contributed by atoms with Crippen LogP contribution in [0.4, 0.5) is 0 Å². The van der Waals surface area contributed by atoms with Crippen molar-refractivity contribution in [3.63, 3.8) is 0 Å². The summed E-state index contributed by atoms with van der Waals surface area (Å²) in [4.78, 5) is 41.1. The molecule has 2 N–H and O–H groups in total. The van der Waals surface area contributed by atoms with Crippen molar-refractivity contribution in [2.45, 2.75) is 76.2 Å². The van der Waals surface area contributed by atoms with Crippen molar-refractivity contribution >= 4 is 17.7 Å². The van der Waals surface area contributed by atoms with Gasteiger partial charge in [0.05, 0.1) is 0 Å². The zero-order valence-electron chi connectivity index (χ0n) is 17.4. The molecule has 1 aromatic carbocycles. The van der Waals surface area contributed by atoms with Gasteiger partial charge in [-0.15, -0.1) is 0 Å². The lowest BCUT2D eigenvalue weighted by molar-refractivity contribution is -0.136. The molecular weight excluding hydrogens is 380 g/mol. The van der Waals surface area contributed by atoms with Crippen LogP contribution in [-0.2, 0) is 22.7 Å². The van der Waals surface area contributed by atoms with Gasteiger partial charge in [-0.1, -0.05) is 18.6 Å². The lowest BCUT2D eigenvalue weighted by Crippen LogP contribution is -2.52. The number of hydrogen-bond donors (Lipinski definition) is 2. The van der Waals surface area contributed by atoms with Crippen LogP contribution in [0.1, 0.15) is 66.4 Å². The van der Waals surface area contributed by atoms with Crippen molar-refractivity contribution in [3.8, 4) is 0 Å². The number of nitrogens with one attached hydrogen (secondary N) is 2. The molecular formula is C23H30N4O3. The van der Waals surface area contributed by atoms with Crippen LogP contribution >= 0.6 is 0 Å². The van der Waals surface area contributed by atoms with E-state index in [0.29, 0.717) is 25.0 Å². The molecule has 7 heteroatoms. The van der Waals surface area contributed by atoms with E-state index in [-0.39, 0.29) is 24.1 Å². The molecule has 0 bridgehead atoms. The molecule has 0 spiro atoms. The summed E-state index contributed by atoms with van der Waals surface area (Å²) >= 11 is 0. The van der Waals surface area contributed by atoms with Crippen molar-refractivity contribution < 1.29 is 14.4 Å². The zero-order chi connectivity index (χ0) is 20.7. The summed E-state index contributed by atoms with van der Waals surface area (Å²) in [7, 11) is 0. The van der Waals surface area contributed by atoms with E-state index in [0.717, 1.165) is 30.8 Å². The molecule has 1 saturated carbocycles. The lowest BCUT2D eigenvalue weighted by Gasteiger charge is -2.44. The van der Waals surface area contributed by atoms with Crippen molar-refractivity contribution in [1.29, 1.82) is 0 Å². The molecule has 1 unspecified atom stereocenters. The maximum absolute atomic E-state index is 13.1. The number of benzene rings is 1. The Hall–Kier alpha value is -2.25. The first kappa shape index (κ1) is 19.7. The lowest BCUT2D eigenvalue weighted by atomic mass is 9.88. The average Bonchev–Trinajstić information content (AvgIpc) is 3.03. The van der Waals surface area contributed by atoms with Crippen LogP contribution in [0.25, 0.3) is 0 Å². The molecule has 30 heavy (non-hydrogen) atoms. The van der Waals surface area contributed by atoms with E-state index in [1.54, 1.807) is 4.90 Å². The first-order valence-electron chi connectivity index (χ1n) is 11.3. The summed E-state index contributed by atoms with van der Waals surface area (Å²) in [5, 5.41) is 5.83. The van der Waals surface area contributed by atoms with Crippen molar-refractivity contribution in [2.75, 3.05) is 13.1 Å². The number of rotatable bonds is 5. The molecule has 1 atom stereocenters. The highest BCUT2D eigenvalue weighted by Crippen LogP contribution is 2.32. The SMILES string of the molecule is O=C1CCC(N2Cc3ccc(CN(C4CCC4)C4CCNCC4)cc3C2=O)C(=O)N1. The fourth-order valence-corrected chi connectivity index (χ4v) is 5.32. The Bertz CT molecular complexity index is 860. The van der Waals surface area contributed by atoms with Gasteiger partial charge in [-0.2, -0.15) is 0 Å². The zero-order valence-corrected chi connectivity index (χ0v) is 17.4. The minimum atomic E-state index is -0.549. The molecule has 7 nitrogen and oxygen atoms in total. The fourth-order valence-electron chi connectivity index (χ4n) is 5.32. The van der Waals surface area contributed by atoms with Gasteiger partial charge in [0, 0.05) is 37.2 Å². The van der Waals surface area contributed by atoms with Gasteiger partial charge in [-0.05, 0) is 62.4 Å². The van der Waals surface area contributed by atoms with Crippen molar-refractivity contribution in [3.05, 3.63) is 34.9 Å². The predicted octanol–water partition coefficient (Wildman–Crippen LogP) is 1.55. The summed E-state index contributed by atoms with van der Waals surface area (Å²) in [6, 6.07) is 6.96. The molecule has 3 heterocycles. The highest BCUT2D eigenvalue weighted by Gasteiger charge is 2.39. The second-order valence-electron chi connectivity index (χ2n) is 9.13. The molecule has 1 aromatic rings. The molecule has 3 aliphatic heterocycles. The minimum Gasteiger partial charge on any atom is -0.322 e. The maximum atomic E-state index is 13.1. The van der Waals surface area contributed by atoms with Gasteiger partial charge in [-0.25, -0.2) is 0 Å². The second kappa shape index (κ2) is 8.12. The van der Waals surface area contributed by atoms with Gasteiger partial charge in [0.2, 0.25) is 11.8 Å². The average molecular weight is 411 g/mol. The third-order valence-electron chi connectivity index (χ3n) is 7.28. The summed E-state index contributed by atoms with van der Waals surface area (Å²) in [6.07, 6.45) is 6.92. The smallest absolute Gasteiger partial charge is 0.255 e. The van der Waals surface area contributed by atoms with Crippen molar-refractivity contribution in [2.24, 2.45) is 0 Å². The Labute approximate surface area is 177 Å². The van der Waals surface area contributed by atoms with Crippen LogP contribution in [0.5, 0.6) is 0 Å². The summed E-state index contributed by atoms with van der Waals surface area (Å²) < 4.78 is 0. The quantitative estimate of drug-likeness (QED) is 0.720. The van der Waals surface area contributed by atoms with E-state index >= 15 is 0 Å². The van der Waals surface area contributed by atoms with E-state index in [2.05, 4.69) is 27.7 Å². The number of carbonyl (C=O) groups is 3. The molecule has 2 saturated heterocycles. The number of imide groups is 1. The molecule has 3 amide bonds. The highest BCUT2D eigenvalue weighted by atomic mass is 16.2.